The molecule has 6 atom stereocenters. The van der Waals surface area contributed by atoms with Crippen LogP contribution >= 0.6 is 0 Å². The largest absolute Gasteiger partial charge is 0.460 e. The summed E-state index contributed by atoms with van der Waals surface area (Å²) in [6, 6.07) is 5.95. The maximum Gasteiger partial charge on any atom is 0.329 e. The average molecular weight is 504 g/mol. The number of amides is 3. The molecule has 2 rings (SSSR count). The Morgan fingerprint density at radius 2 is 1.61 bits per heavy atom. The molecule has 1 saturated heterocycles. The molecule has 6 unspecified atom stereocenters. The molecule has 1 aliphatic heterocycles. The van der Waals surface area contributed by atoms with Gasteiger partial charge >= 0.3 is 5.97 Å². The van der Waals surface area contributed by atoms with Gasteiger partial charge in [-0.3, -0.25) is 14.4 Å². The molecule has 0 radical (unpaired) electrons. The van der Waals surface area contributed by atoms with Crippen LogP contribution in [0.4, 0.5) is 0 Å². The maximum atomic E-state index is 13.2. The molecule has 0 aliphatic carbocycles. The number of aliphatic hydroxyl groups is 1. The maximum absolute atomic E-state index is 13.2. The van der Waals surface area contributed by atoms with Crippen molar-refractivity contribution < 1.29 is 29.0 Å². The van der Waals surface area contributed by atoms with Gasteiger partial charge in [0.15, 0.2) is 0 Å². The first-order valence-corrected chi connectivity index (χ1v) is 12.9. The van der Waals surface area contributed by atoms with Crippen LogP contribution in [0.15, 0.2) is 30.3 Å². The smallest absolute Gasteiger partial charge is 0.329 e. The number of nitrogens with one attached hydrogen (secondary N) is 3. The van der Waals surface area contributed by atoms with Crippen molar-refractivity contribution >= 4 is 23.7 Å². The molecule has 1 heterocycles. The summed E-state index contributed by atoms with van der Waals surface area (Å²) < 4.78 is 5.84. The van der Waals surface area contributed by atoms with E-state index >= 15 is 0 Å². The normalized spacial score (nSPS) is 25.7. The van der Waals surface area contributed by atoms with E-state index in [4.69, 9.17) is 4.74 Å². The lowest BCUT2D eigenvalue weighted by atomic mass is 9.94. The van der Waals surface area contributed by atoms with Gasteiger partial charge in [0.25, 0.3) is 0 Å². The predicted octanol–water partition coefficient (Wildman–Crippen LogP) is 1.86. The van der Waals surface area contributed by atoms with Gasteiger partial charge in [-0.05, 0) is 23.8 Å². The second kappa shape index (κ2) is 14.6. The molecule has 4 N–H and O–H groups in total. The second-order valence-corrected chi connectivity index (χ2v) is 9.72. The van der Waals surface area contributed by atoms with Crippen LogP contribution in [0.2, 0.25) is 0 Å². The fourth-order valence-corrected chi connectivity index (χ4v) is 4.18. The van der Waals surface area contributed by atoms with Gasteiger partial charge in [0.05, 0.1) is 13.0 Å². The Kier molecular flexibility index (Phi) is 11.9. The summed E-state index contributed by atoms with van der Waals surface area (Å²) in [7, 11) is 0. The lowest BCUT2D eigenvalue weighted by Gasteiger charge is -2.29. The Balaban J connectivity index is 2.41. The monoisotopic (exact) mass is 503 g/mol. The molecule has 0 bridgehead atoms. The minimum atomic E-state index is -1.29. The van der Waals surface area contributed by atoms with Gasteiger partial charge in [0.1, 0.15) is 24.2 Å². The number of carbonyl (C=O) groups excluding carboxylic acids is 4. The highest BCUT2D eigenvalue weighted by atomic mass is 16.5. The standard InChI is InChI=1S/C27H41N3O6/c1-5-7-11-18(4)22-15-23(32)28-20(14-19-12-9-8-10-13-19)25(33)29-21(16-31)26(34)30-24(17(3)6-2)27(35)36-22/h8-10,12-13,17-18,20-22,24,31H,5-7,11,14-16H2,1-4H3,(H,28,32)(H,29,33)(H,30,34). The number of esters is 1. The highest BCUT2D eigenvalue weighted by Gasteiger charge is 2.36. The molecule has 200 valence electrons. The third kappa shape index (κ3) is 8.62. The van der Waals surface area contributed by atoms with Gasteiger partial charge in [-0.1, -0.05) is 77.3 Å². The van der Waals surface area contributed by atoms with Gasteiger partial charge in [-0.2, -0.15) is 0 Å². The summed E-state index contributed by atoms with van der Waals surface area (Å²) in [5.41, 5.74) is 0.823. The van der Waals surface area contributed by atoms with E-state index in [0.29, 0.717) is 6.42 Å². The van der Waals surface area contributed by atoms with Crippen molar-refractivity contribution in [1.82, 2.24) is 16.0 Å². The minimum absolute atomic E-state index is 0.0929. The first kappa shape index (κ1) is 29.3. The Bertz CT molecular complexity index is 878. The van der Waals surface area contributed by atoms with E-state index < -0.39 is 54.5 Å². The summed E-state index contributed by atoms with van der Waals surface area (Å²) >= 11 is 0. The van der Waals surface area contributed by atoms with Crippen molar-refractivity contribution in [3.8, 4) is 0 Å². The number of rotatable bonds is 9. The molecule has 1 fully saturated rings. The summed E-state index contributed by atoms with van der Waals surface area (Å²) in [6.45, 7) is 7.04. The molecule has 1 aromatic rings. The first-order chi connectivity index (χ1) is 17.2. The minimum Gasteiger partial charge on any atom is -0.460 e. The molecule has 1 aliphatic rings. The summed E-state index contributed by atoms with van der Waals surface area (Å²) in [5, 5.41) is 17.8. The van der Waals surface area contributed by atoms with Crippen LogP contribution in [-0.2, 0) is 30.3 Å². The quantitative estimate of drug-likeness (QED) is 0.380. The first-order valence-electron chi connectivity index (χ1n) is 12.9. The SMILES string of the molecule is CCCCC(C)C1CC(=O)NC(Cc2ccccc2)C(=O)NC(CO)C(=O)NC(C(C)CC)C(=O)O1. The number of cyclic esters (lactones) is 1. The third-order valence-corrected chi connectivity index (χ3v) is 6.82. The van der Waals surface area contributed by atoms with E-state index in [9.17, 15) is 24.3 Å². The molecular weight excluding hydrogens is 462 g/mol. The van der Waals surface area contributed by atoms with Gasteiger partial charge in [-0.15, -0.1) is 0 Å². The van der Waals surface area contributed by atoms with Gasteiger partial charge in [0.2, 0.25) is 17.7 Å². The Hall–Kier alpha value is -2.94. The Morgan fingerprint density at radius 3 is 2.22 bits per heavy atom. The van der Waals surface area contributed by atoms with Crippen LogP contribution in [0.3, 0.4) is 0 Å². The number of hydrogen-bond acceptors (Lipinski definition) is 6. The summed E-state index contributed by atoms with van der Waals surface area (Å²) in [4.78, 5) is 52.4. The molecule has 3 amide bonds. The third-order valence-electron chi connectivity index (χ3n) is 6.82. The fourth-order valence-electron chi connectivity index (χ4n) is 4.18. The van der Waals surface area contributed by atoms with E-state index in [2.05, 4.69) is 22.9 Å². The summed E-state index contributed by atoms with van der Waals surface area (Å²) in [5.74, 6) is -2.68. The number of carbonyl (C=O) groups is 4. The topological polar surface area (TPSA) is 134 Å². The Morgan fingerprint density at radius 1 is 0.944 bits per heavy atom. The molecule has 0 spiro atoms. The van der Waals surface area contributed by atoms with Gasteiger partial charge in [-0.25, -0.2) is 4.79 Å². The van der Waals surface area contributed by atoms with Crippen LogP contribution < -0.4 is 16.0 Å². The van der Waals surface area contributed by atoms with Gasteiger partial charge in [0, 0.05) is 6.42 Å². The van der Waals surface area contributed by atoms with E-state index in [1.807, 2.05) is 51.1 Å². The highest BCUT2D eigenvalue weighted by Crippen LogP contribution is 2.21. The molecule has 36 heavy (non-hydrogen) atoms. The molecule has 0 saturated carbocycles. The fraction of sp³-hybridized carbons (Fsp3) is 0.630. The zero-order valence-corrected chi connectivity index (χ0v) is 21.8. The lowest BCUT2D eigenvalue weighted by Crippen LogP contribution is -2.58. The number of benzene rings is 1. The Labute approximate surface area is 213 Å². The van der Waals surface area contributed by atoms with E-state index in [1.54, 1.807) is 0 Å². The van der Waals surface area contributed by atoms with Crippen LogP contribution in [0.25, 0.3) is 0 Å². The second-order valence-electron chi connectivity index (χ2n) is 9.72. The van der Waals surface area contributed by atoms with E-state index in [1.165, 1.54) is 0 Å². The lowest BCUT2D eigenvalue weighted by molar-refractivity contribution is -0.158. The number of hydrogen-bond donors (Lipinski definition) is 4. The molecule has 0 aromatic heterocycles. The average Bonchev–Trinajstić information content (AvgIpc) is 2.87. The highest BCUT2D eigenvalue weighted by molar-refractivity contribution is 5.94. The zero-order chi connectivity index (χ0) is 26.7. The zero-order valence-electron chi connectivity index (χ0n) is 21.8. The number of unbranched alkanes of at least 4 members (excludes halogenated alkanes) is 1. The van der Waals surface area contributed by atoms with Crippen LogP contribution in [0, 0.1) is 11.8 Å². The van der Waals surface area contributed by atoms with Gasteiger partial charge < -0.3 is 25.8 Å². The summed E-state index contributed by atoms with van der Waals surface area (Å²) in [6.07, 6.45) is 2.63. The number of aliphatic hydroxyl groups excluding tert-OH is 1. The van der Waals surface area contributed by atoms with Crippen molar-refractivity contribution in [2.24, 2.45) is 11.8 Å². The van der Waals surface area contributed by atoms with E-state index in [0.717, 1.165) is 24.8 Å². The van der Waals surface area contributed by atoms with Crippen LogP contribution in [0.5, 0.6) is 0 Å². The number of ether oxygens (including phenoxy) is 1. The predicted molar refractivity (Wildman–Crippen MR) is 136 cm³/mol. The molecule has 1 aromatic carbocycles. The molecular formula is C27H41N3O6. The van der Waals surface area contributed by atoms with Crippen molar-refractivity contribution in [3.63, 3.8) is 0 Å². The van der Waals surface area contributed by atoms with E-state index in [-0.39, 0.29) is 24.7 Å². The van der Waals surface area contributed by atoms with Crippen molar-refractivity contribution in [2.45, 2.75) is 90.4 Å². The molecule has 9 nitrogen and oxygen atoms in total. The van der Waals surface area contributed by atoms with Crippen molar-refractivity contribution in [1.29, 1.82) is 0 Å². The van der Waals surface area contributed by atoms with Crippen LogP contribution in [0.1, 0.15) is 65.4 Å². The van der Waals surface area contributed by atoms with Crippen molar-refractivity contribution in [3.05, 3.63) is 35.9 Å². The molecule has 9 heteroatoms. The van der Waals surface area contributed by atoms with Crippen LogP contribution in [-0.4, -0.2) is 59.6 Å². The van der Waals surface area contributed by atoms with Crippen molar-refractivity contribution in [2.75, 3.05) is 6.61 Å².